The van der Waals surface area contributed by atoms with Crippen molar-refractivity contribution in [3.05, 3.63) is 35.4 Å². The van der Waals surface area contributed by atoms with Gasteiger partial charge in [0, 0.05) is 8.41 Å². The van der Waals surface area contributed by atoms with Gasteiger partial charge in [0.1, 0.15) is 0 Å². The monoisotopic (exact) mass is 289 g/mol. The summed E-state index contributed by atoms with van der Waals surface area (Å²) in [5, 5.41) is 0. The highest BCUT2D eigenvalue weighted by Crippen LogP contribution is 2.19. The quantitative estimate of drug-likeness (QED) is 0.369. The minimum Gasteiger partial charge on any atom is -0.0683 e. The first-order valence-electron chi connectivity index (χ1n) is 8.53. The fourth-order valence-corrected chi connectivity index (χ4v) is 1.85. The van der Waals surface area contributed by atoms with E-state index in [4.69, 9.17) is 0 Å². The number of benzene rings is 1. The van der Waals surface area contributed by atoms with E-state index in [-0.39, 0.29) is 8.41 Å². The van der Waals surface area contributed by atoms with Crippen molar-refractivity contribution in [2.75, 3.05) is 0 Å². The molecule has 0 spiro atoms. The van der Waals surface area contributed by atoms with E-state index < -0.39 is 0 Å². The number of aryl methyl sites for hydroxylation is 2. The molecule has 0 amide bonds. The van der Waals surface area contributed by atoms with E-state index in [9.17, 15) is 0 Å². The van der Waals surface area contributed by atoms with E-state index in [1.807, 2.05) is 27.7 Å². The maximum atomic E-state index is 2.28. The van der Waals surface area contributed by atoms with Gasteiger partial charge in [0.05, 0.1) is 0 Å². The molecule has 0 saturated carbocycles. The minimum absolute atomic E-state index is 0. The van der Waals surface area contributed by atoms with Gasteiger partial charge in [-0.25, -0.2) is 0 Å². The summed E-state index contributed by atoms with van der Waals surface area (Å²) in [7, 11) is 0. The van der Waals surface area contributed by atoms with Crippen molar-refractivity contribution in [1.29, 1.82) is 0 Å². The summed E-state index contributed by atoms with van der Waals surface area (Å²) in [6.07, 6.45) is 6.79. The molecule has 0 N–H and O–H groups in total. The van der Waals surface area contributed by atoms with Crippen LogP contribution in [-0.4, -0.2) is 8.41 Å². The van der Waals surface area contributed by atoms with Gasteiger partial charge in [-0.2, -0.15) is 0 Å². The Morgan fingerprint density at radius 1 is 0.667 bits per heavy atom. The Kier molecular flexibility index (Phi) is 18.8. The van der Waals surface area contributed by atoms with Crippen LogP contribution in [-0.2, 0) is 12.8 Å². The van der Waals surface area contributed by atoms with Gasteiger partial charge in [-0.3, -0.25) is 0 Å². The molecule has 21 heavy (non-hydrogen) atoms. The zero-order valence-electron chi connectivity index (χ0n) is 15.9. The third-order valence-corrected chi connectivity index (χ3v) is 2.51. The Morgan fingerprint density at radius 3 is 1.24 bits per heavy atom. The average Bonchev–Trinajstić information content (AvgIpc) is 2.66. The normalized spacial score (nSPS) is 12.4. The molecule has 121 valence electrons. The molecule has 1 heteroatoms. The smallest absolute Gasteiger partial charge is 0 e. The molecule has 0 unspecified atom stereocenters. The summed E-state index contributed by atoms with van der Waals surface area (Å²) in [6, 6.07) is 8.87. The zero-order valence-corrected chi connectivity index (χ0v) is 15.9. The molecule has 1 aliphatic carbocycles. The molecule has 0 bridgehead atoms. The van der Waals surface area contributed by atoms with Crippen LogP contribution in [0, 0.1) is 5.41 Å². The van der Waals surface area contributed by atoms with Crippen molar-refractivity contribution in [2.24, 2.45) is 5.41 Å². The van der Waals surface area contributed by atoms with Crippen molar-refractivity contribution in [3.63, 3.8) is 0 Å². The SMILES string of the molecule is CC.CC.CC(C)(C)C.[B].c1ccc2c(c1)CCCCC2. The van der Waals surface area contributed by atoms with E-state index >= 15 is 0 Å². The molecule has 0 fully saturated rings. The number of hydrogen-bond acceptors (Lipinski definition) is 0. The summed E-state index contributed by atoms with van der Waals surface area (Å²) in [6.45, 7) is 16.8. The van der Waals surface area contributed by atoms with Crippen LogP contribution < -0.4 is 0 Å². The number of rotatable bonds is 0. The molecular formula is C20H38B. The minimum atomic E-state index is 0. The molecule has 1 aromatic carbocycles. The third-order valence-electron chi connectivity index (χ3n) is 2.51. The molecule has 0 atom stereocenters. The van der Waals surface area contributed by atoms with E-state index in [2.05, 4.69) is 52.0 Å². The van der Waals surface area contributed by atoms with Crippen molar-refractivity contribution < 1.29 is 0 Å². The summed E-state index contributed by atoms with van der Waals surface area (Å²) in [5.41, 5.74) is 3.68. The van der Waals surface area contributed by atoms with Crippen LogP contribution in [0.25, 0.3) is 0 Å². The molecule has 1 aromatic rings. The summed E-state index contributed by atoms with van der Waals surface area (Å²) >= 11 is 0. The lowest BCUT2D eigenvalue weighted by Gasteiger charge is -2.05. The molecule has 0 aliphatic heterocycles. The van der Waals surface area contributed by atoms with Gasteiger partial charge in [-0.05, 0) is 42.2 Å². The van der Waals surface area contributed by atoms with Crippen LogP contribution in [0.5, 0.6) is 0 Å². The molecule has 2 rings (SSSR count). The van der Waals surface area contributed by atoms with Crippen LogP contribution >= 0.6 is 0 Å². The summed E-state index contributed by atoms with van der Waals surface area (Å²) in [5.74, 6) is 0. The Bertz CT molecular complexity index is 279. The van der Waals surface area contributed by atoms with E-state index in [0.717, 1.165) is 0 Å². The highest BCUT2D eigenvalue weighted by molar-refractivity contribution is 5.75. The Hall–Kier alpha value is -0.715. The Balaban J connectivity index is -0.000000280. The molecule has 0 saturated heterocycles. The fourth-order valence-electron chi connectivity index (χ4n) is 1.85. The van der Waals surface area contributed by atoms with Crippen LogP contribution in [0.3, 0.4) is 0 Å². The van der Waals surface area contributed by atoms with Gasteiger partial charge in [-0.1, -0.05) is 86.1 Å². The lowest BCUT2D eigenvalue weighted by Crippen LogP contribution is -1.93. The van der Waals surface area contributed by atoms with Crippen molar-refractivity contribution in [1.82, 2.24) is 0 Å². The van der Waals surface area contributed by atoms with Crippen molar-refractivity contribution >= 4 is 8.41 Å². The topological polar surface area (TPSA) is 0 Å². The predicted octanol–water partition coefficient (Wildman–Crippen LogP) is 6.68. The second kappa shape index (κ2) is 15.7. The molecule has 0 nitrogen and oxygen atoms in total. The van der Waals surface area contributed by atoms with Gasteiger partial charge in [0.15, 0.2) is 0 Å². The van der Waals surface area contributed by atoms with Gasteiger partial charge in [-0.15, -0.1) is 0 Å². The van der Waals surface area contributed by atoms with Crippen molar-refractivity contribution in [3.8, 4) is 0 Å². The highest BCUT2D eigenvalue weighted by Gasteiger charge is 2.05. The van der Waals surface area contributed by atoms with E-state index in [1.54, 1.807) is 11.1 Å². The number of hydrogen-bond donors (Lipinski definition) is 0. The standard InChI is InChI=1S/C11H14.C5H12.2C2H6.B/c1-2-6-10-8-4-5-9-11(10)7-3-1;1-5(2,3)4;2*1-2;/h4-5,8-9H,1-3,6-7H2;1-4H3;2*1-2H3;. The van der Waals surface area contributed by atoms with Crippen LogP contribution in [0.2, 0.25) is 0 Å². The third kappa shape index (κ3) is 17.2. The van der Waals surface area contributed by atoms with Crippen LogP contribution in [0.1, 0.15) is 85.8 Å². The summed E-state index contributed by atoms with van der Waals surface area (Å²) in [4.78, 5) is 0. The first-order chi connectivity index (χ1) is 9.47. The largest absolute Gasteiger partial charge is 0.0683 e. The van der Waals surface area contributed by atoms with E-state index in [1.165, 1.54) is 32.1 Å². The molecule has 0 heterocycles. The first kappa shape index (κ1) is 25.3. The zero-order chi connectivity index (χ0) is 16.0. The maximum absolute atomic E-state index is 2.28. The molecule has 1 aliphatic rings. The lowest BCUT2D eigenvalue weighted by atomic mass is 10.0. The van der Waals surface area contributed by atoms with Gasteiger partial charge in [0.2, 0.25) is 0 Å². The molecule has 0 aromatic heterocycles. The van der Waals surface area contributed by atoms with Crippen LogP contribution in [0.15, 0.2) is 24.3 Å². The van der Waals surface area contributed by atoms with Crippen LogP contribution in [0.4, 0.5) is 0 Å². The van der Waals surface area contributed by atoms with E-state index in [0.29, 0.717) is 5.41 Å². The second-order valence-electron chi connectivity index (χ2n) is 6.33. The molecule has 3 radical (unpaired) electrons. The second-order valence-corrected chi connectivity index (χ2v) is 6.33. The van der Waals surface area contributed by atoms with Gasteiger partial charge in [0.25, 0.3) is 0 Å². The highest BCUT2D eigenvalue weighted by atomic mass is 14.1. The van der Waals surface area contributed by atoms with Gasteiger partial charge < -0.3 is 0 Å². The molecular weight excluding hydrogens is 251 g/mol. The number of fused-ring (bicyclic) bond motifs is 1. The lowest BCUT2D eigenvalue weighted by molar-refractivity contribution is 0.469. The fraction of sp³-hybridized carbons (Fsp3) is 0.700. The predicted molar refractivity (Wildman–Crippen MR) is 101 cm³/mol. The Labute approximate surface area is 137 Å². The van der Waals surface area contributed by atoms with Crippen molar-refractivity contribution in [2.45, 2.75) is 87.5 Å². The average molecular weight is 289 g/mol. The first-order valence-corrected chi connectivity index (χ1v) is 8.53. The maximum Gasteiger partial charge on any atom is 0 e. The van der Waals surface area contributed by atoms with Gasteiger partial charge >= 0.3 is 0 Å². The summed E-state index contributed by atoms with van der Waals surface area (Å²) < 4.78 is 0. The Morgan fingerprint density at radius 2 is 0.952 bits per heavy atom.